The van der Waals surface area contributed by atoms with E-state index in [0.717, 1.165) is 42.9 Å². The van der Waals surface area contributed by atoms with Gasteiger partial charge < -0.3 is 19.7 Å². The van der Waals surface area contributed by atoms with Gasteiger partial charge in [-0.1, -0.05) is 13.0 Å². The number of rotatable bonds is 4. The van der Waals surface area contributed by atoms with Crippen molar-refractivity contribution in [1.82, 2.24) is 10.2 Å². The van der Waals surface area contributed by atoms with Crippen molar-refractivity contribution in [3.63, 3.8) is 0 Å². The molecule has 2 aliphatic rings. The second kappa shape index (κ2) is 6.75. The molecule has 1 atom stereocenters. The van der Waals surface area contributed by atoms with E-state index < -0.39 is 0 Å². The molecule has 1 aromatic carbocycles. The Balaban J connectivity index is 0.00000176. The van der Waals surface area contributed by atoms with E-state index in [4.69, 9.17) is 9.47 Å². The van der Waals surface area contributed by atoms with Gasteiger partial charge >= 0.3 is 0 Å². The molecule has 5 nitrogen and oxygen atoms in total. The van der Waals surface area contributed by atoms with E-state index in [2.05, 4.69) is 12.2 Å². The molecule has 0 bridgehead atoms. The molecule has 0 aromatic heterocycles. The molecule has 2 aliphatic heterocycles. The van der Waals surface area contributed by atoms with Crippen LogP contribution in [0.4, 0.5) is 0 Å². The molecule has 1 N–H and O–H groups in total. The quantitative estimate of drug-likeness (QED) is 0.922. The van der Waals surface area contributed by atoms with E-state index in [1.54, 1.807) is 4.90 Å². The smallest absolute Gasteiger partial charge is 0.242 e. The van der Waals surface area contributed by atoms with E-state index in [1.807, 2.05) is 25.2 Å². The van der Waals surface area contributed by atoms with Gasteiger partial charge in [0.05, 0.1) is 5.54 Å². The zero-order valence-corrected chi connectivity index (χ0v) is 13.9. The van der Waals surface area contributed by atoms with Gasteiger partial charge in [-0.05, 0) is 43.5 Å². The topological polar surface area (TPSA) is 50.8 Å². The minimum atomic E-state index is -0.370. The van der Waals surface area contributed by atoms with Crippen LogP contribution in [-0.2, 0) is 11.3 Å². The number of carbonyl (C=O) groups excluding carboxylic acids is 1. The highest BCUT2D eigenvalue weighted by Gasteiger charge is 2.40. The average molecular weight is 327 g/mol. The Labute approximate surface area is 137 Å². The first kappa shape index (κ1) is 16.9. The first-order valence-corrected chi connectivity index (χ1v) is 7.54. The SMILES string of the molecule is CCC1(C(=O)N(C)Cc2ccc3c(c2)OCO3)CCCN1.Cl. The Bertz CT molecular complexity index is 544. The van der Waals surface area contributed by atoms with Crippen LogP contribution in [0.25, 0.3) is 0 Å². The Morgan fingerprint density at radius 1 is 1.36 bits per heavy atom. The van der Waals surface area contributed by atoms with Crippen molar-refractivity contribution < 1.29 is 14.3 Å². The van der Waals surface area contributed by atoms with Crippen LogP contribution in [0.1, 0.15) is 31.7 Å². The Morgan fingerprint density at radius 3 is 2.82 bits per heavy atom. The molecule has 0 aliphatic carbocycles. The molecular formula is C16H23ClN2O3. The van der Waals surface area contributed by atoms with E-state index >= 15 is 0 Å². The zero-order chi connectivity index (χ0) is 14.9. The number of ether oxygens (including phenoxy) is 2. The lowest BCUT2D eigenvalue weighted by molar-refractivity contribution is -0.137. The molecule has 1 saturated heterocycles. The molecule has 1 aromatic rings. The highest BCUT2D eigenvalue weighted by Crippen LogP contribution is 2.33. The molecule has 22 heavy (non-hydrogen) atoms. The van der Waals surface area contributed by atoms with Crippen LogP contribution in [0.3, 0.4) is 0 Å². The van der Waals surface area contributed by atoms with Crippen molar-refractivity contribution in [1.29, 1.82) is 0 Å². The molecule has 0 spiro atoms. The highest BCUT2D eigenvalue weighted by atomic mass is 35.5. The zero-order valence-electron chi connectivity index (χ0n) is 13.1. The maximum atomic E-state index is 12.7. The average Bonchev–Trinajstić information content (AvgIpc) is 3.15. The summed E-state index contributed by atoms with van der Waals surface area (Å²) in [6.45, 7) is 3.86. The van der Waals surface area contributed by atoms with Crippen LogP contribution in [0.2, 0.25) is 0 Å². The summed E-state index contributed by atoms with van der Waals surface area (Å²) in [7, 11) is 1.87. The predicted octanol–water partition coefficient (Wildman–Crippen LogP) is 2.33. The fourth-order valence-corrected chi connectivity index (χ4v) is 3.19. The van der Waals surface area contributed by atoms with Gasteiger partial charge in [0.2, 0.25) is 12.7 Å². The predicted molar refractivity (Wildman–Crippen MR) is 86.5 cm³/mol. The van der Waals surface area contributed by atoms with Crippen molar-refractivity contribution in [2.75, 3.05) is 20.4 Å². The van der Waals surface area contributed by atoms with Crippen molar-refractivity contribution in [3.05, 3.63) is 23.8 Å². The molecule has 1 amide bonds. The fourth-order valence-electron chi connectivity index (χ4n) is 3.19. The summed E-state index contributed by atoms with van der Waals surface area (Å²) in [4.78, 5) is 14.5. The van der Waals surface area contributed by atoms with Crippen LogP contribution in [0, 0.1) is 0 Å². The number of halogens is 1. The van der Waals surface area contributed by atoms with Crippen LogP contribution in [-0.4, -0.2) is 36.7 Å². The minimum Gasteiger partial charge on any atom is -0.454 e. The van der Waals surface area contributed by atoms with Gasteiger partial charge in [0, 0.05) is 13.6 Å². The van der Waals surface area contributed by atoms with Gasteiger partial charge in [-0.3, -0.25) is 4.79 Å². The summed E-state index contributed by atoms with van der Waals surface area (Å²) in [6.07, 6.45) is 2.82. The molecule has 122 valence electrons. The lowest BCUT2D eigenvalue weighted by Crippen LogP contribution is -2.53. The number of hydrogen-bond donors (Lipinski definition) is 1. The number of nitrogens with one attached hydrogen (secondary N) is 1. The number of amides is 1. The molecule has 0 radical (unpaired) electrons. The molecule has 1 fully saturated rings. The number of nitrogens with zero attached hydrogens (tertiary/aromatic N) is 1. The minimum absolute atomic E-state index is 0. The number of fused-ring (bicyclic) bond motifs is 1. The molecule has 1 unspecified atom stereocenters. The second-order valence-corrected chi connectivity index (χ2v) is 5.81. The van der Waals surface area contributed by atoms with Crippen LogP contribution >= 0.6 is 12.4 Å². The van der Waals surface area contributed by atoms with E-state index in [9.17, 15) is 4.79 Å². The second-order valence-electron chi connectivity index (χ2n) is 5.81. The summed E-state index contributed by atoms with van der Waals surface area (Å²) in [6, 6.07) is 5.84. The third-order valence-corrected chi connectivity index (χ3v) is 4.46. The maximum absolute atomic E-state index is 12.7. The number of hydrogen-bond acceptors (Lipinski definition) is 4. The third-order valence-electron chi connectivity index (χ3n) is 4.46. The monoisotopic (exact) mass is 326 g/mol. The Hall–Kier alpha value is -1.46. The number of carbonyl (C=O) groups is 1. The van der Waals surface area contributed by atoms with Crippen molar-refractivity contribution >= 4 is 18.3 Å². The van der Waals surface area contributed by atoms with Gasteiger partial charge in [0.25, 0.3) is 0 Å². The van der Waals surface area contributed by atoms with E-state index in [-0.39, 0.29) is 30.6 Å². The van der Waals surface area contributed by atoms with Gasteiger partial charge in [-0.25, -0.2) is 0 Å². The third kappa shape index (κ3) is 3.01. The fraction of sp³-hybridized carbons (Fsp3) is 0.562. The summed E-state index contributed by atoms with van der Waals surface area (Å²) >= 11 is 0. The van der Waals surface area contributed by atoms with Crippen LogP contribution in [0.5, 0.6) is 11.5 Å². The van der Waals surface area contributed by atoms with Crippen LogP contribution in [0.15, 0.2) is 18.2 Å². The largest absolute Gasteiger partial charge is 0.454 e. The molecule has 3 rings (SSSR count). The lowest BCUT2D eigenvalue weighted by atomic mass is 9.92. The van der Waals surface area contributed by atoms with Crippen molar-refractivity contribution in [3.8, 4) is 11.5 Å². The maximum Gasteiger partial charge on any atom is 0.242 e. The van der Waals surface area contributed by atoms with Gasteiger partial charge in [0.15, 0.2) is 11.5 Å². The summed E-state index contributed by atoms with van der Waals surface area (Å²) in [5, 5.41) is 3.39. The number of likely N-dealkylation sites (N-methyl/N-ethyl adjacent to an activating group) is 1. The molecule has 2 heterocycles. The van der Waals surface area contributed by atoms with E-state index in [1.165, 1.54) is 0 Å². The molecule has 6 heteroatoms. The molecule has 0 saturated carbocycles. The van der Waals surface area contributed by atoms with Crippen molar-refractivity contribution in [2.24, 2.45) is 0 Å². The van der Waals surface area contributed by atoms with Crippen LogP contribution < -0.4 is 14.8 Å². The number of benzene rings is 1. The summed E-state index contributed by atoms with van der Waals surface area (Å²) < 4.78 is 10.7. The normalized spacial score (nSPS) is 22.3. The Kier molecular flexibility index (Phi) is 5.19. The van der Waals surface area contributed by atoms with Gasteiger partial charge in [0.1, 0.15) is 0 Å². The lowest BCUT2D eigenvalue weighted by Gasteiger charge is -2.32. The van der Waals surface area contributed by atoms with Gasteiger partial charge in [-0.15, -0.1) is 12.4 Å². The van der Waals surface area contributed by atoms with Crippen molar-refractivity contribution in [2.45, 2.75) is 38.3 Å². The Morgan fingerprint density at radius 2 is 2.14 bits per heavy atom. The van der Waals surface area contributed by atoms with E-state index in [0.29, 0.717) is 6.54 Å². The summed E-state index contributed by atoms with van der Waals surface area (Å²) in [5.41, 5.74) is 0.685. The highest BCUT2D eigenvalue weighted by molar-refractivity contribution is 5.86. The standard InChI is InChI=1S/C16H22N2O3.ClH/c1-3-16(7-4-8-17-16)15(19)18(2)10-12-5-6-13-14(9-12)21-11-20-13;/h5-6,9,17H,3-4,7-8,10-11H2,1-2H3;1H. The van der Waals surface area contributed by atoms with Gasteiger partial charge in [-0.2, -0.15) is 0 Å². The molecular weight excluding hydrogens is 304 g/mol. The summed E-state index contributed by atoms with van der Waals surface area (Å²) in [5.74, 6) is 1.72. The first-order valence-electron chi connectivity index (χ1n) is 7.54. The first-order chi connectivity index (χ1) is 10.1.